The van der Waals surface area contributed by atoms with Gasteiger partial charge >= 0.3 is 0 Å². The molecule has 0 saturated heterocycles. The summed E-state index contributed by atoms with van der Waals surface area (Å²) >= 11 is 0. The van der Waals surface area contributed by atoms with Crippen molar-refractivity contribution >= 4 is 5.91 Å². The van der Waals surface area contributed by atoms with Crippen LogP contribution in [0.4, 0.5) is 8.78 Å². The van der Waals surface area contributed by atoms with Gasteiger partial charge in [0.1, 0.15) is 11.6 Å². The molecule has 1 amide bonds. The van der Waals surface area contributed by atoms with Crippen LogP contribution in [0.15, 0.2) is 18.2 Å². The van der Waals surface area contributed by atoms with Gasteiger partial charge in [0.25, 0.3) is 0 Å². The predicted molar refractivity (Wildman–Crippen MR) is 73.1 cm³/mol. The zero-order valence-corrected chi connectivity index (χ0v) is 11.6. The van der Waals surface area contributed by atoms with E-state index >= 15 is 0 Å². The van der Waals surface area contributed by atoms with E-state index in [-0.39, 0.29) is 12.5 Å². The van der Waals surface area contributed by atoms with Gasteiger partial charge in [-0.1, -0.05) is 13.0 Å². The molecule has 1 unspecified atom stereocenters. The first-order chi connectivity index (χ1) is 9.60. The fourth-order valence-corrected chi connectivity index (χ4v) is 2.14. The third-order valence-electron chi connectivity index (χ3n) is 3.50. The second-order valence-electron chi connectivity index (χ2n) is 5.27. The van der Waals surface area contributed by atoms with Crippen LogP contribution in [0, 0.1) is 17.6 Å². The van der Waals surface area contributed by atoms with E-state index in [1.54, 1.807) is 0 Å². The third-order valence-corrected chi connectivity index (χ3v) is 3.50. The molecular weight excluding hydrogens is 262 g/mol. The molecule has 2 rings (SSSR count). The lowest BCUT2D eigenvalue weighted by Gasteiger charge is -2.18. The van der Waals surface area contributed by atoms with Gasteiger partial charge in [-0.05, 0) is 37.8 Å². The number of hydrogen-bond acceptors (Lipinski definition) is 2. The quantitative estimate of drug-likeness (QED) is 0.807. The highest BCUT2D eigenvalue weighted by molar-refractivity contribution is 5.78. The topological polar surface area (TPSA) is 41.1 Å². The van der Waals surface area contributed by atoms with Gasteiger partial charge in [0.15, 0.2) is 0 Å². The lowest BCUT2D eigenvalue weighted by molar-refractivity contribution is -0.121. The van der Waals surface area contributed by atoms with Crippen molar-refractivity contribution in [2.75, 3.05) is 13.1 Å². The first-order valence-electron chi connectivity index (χ1n) is 7.05. The number of hydrogen-bond donors (Lipinski definition) is 2. The van der Waals surface area contributed by atoms with Gasteiger partial charge < -0.3 is 10.6 Å². The average molecular weight is 282 g/mol. The number of carbonyl (C=O) groups excluding carboxylic acids is 1. The van der Waals surface area contributed by atoms with E-state index in [4.69, 9.17) is 0 Å². The highest BCUT2D eigenvalue weighted by Gasteiger charge is 2.21. The van der Waals surface area contributed by atoms with Crippen LogP contribution < -0.4 is 10.6 Å². The minimum absolute atomic E-state index is 0.166. The normalized spacial score (nSPS) is 15.9. The lowest BCUT2D eigenvalue weighted by Crippen LogP contribution is -2.37. The van der Waals surface area contributed by atoms with Crippen LogP contribution >= 0.6 is 0 Å². The van der Waals surface area contributed by atoms with E-state index in [1.165, 1.54) is 25.0 Å². The number of halogens is 2. The Morgan fingerprint density at radius 3 is 2.75 bits per heavy atom. The molecule has 0 aliphatic heterocycles. The molecule has 0 radical (unpaired) electrons. The molecule has 3 nitrogen and oxygen atoms in total. The SMILES string of the molecule is CCC(NC(=O)CNCC1CC1)c1ccc(F)cc1F. The van der Waals surface area contributed by atoms with E-state index in [1.807, 2.05) is 6.92 Å². The number of amides is 1. The number of rotatable bonds is 7. The van der Waals surface area contributed by atoms with Crippen molar-refractivity contribution in [1.29, 1.82) is 0 Å². The second kappa shape index (κ2) is 6.79. The molecule has 0 heterocycles. The van der Waals surface area contributed by atoms with Gasteiger partial charge in [-0.25, -0.2) is 8.78 Å². The Morgan fingerprint density at radius 1 is 1.40 bits per heavy atom. The summed E-state index contributed by atoms with van der Waals surface area (Å²) < 4.78 is 26.6. The number of carbonyl (C=O) groups is 1. The fourth-order valence-electron chi connectivity index (χ4n) is 2.14. The molecule has 110 valence electrons. The van der Waals surface area contributed by atoms with Crippen molar-refractivity contribution in [3.05, 3.63) is 35.4 Å². The Morgan fingerprint density at radius 2 is 2.15 bits per heavy atom. The molecule has 1 aromatic carbocycles. The zero-order valence-electron chi connectivity index (χ0n) is 11.6. The maximum Gasteiger partial charge on any atom is 0.234 e. The minimum atomic E-state index is -0.622. The first kappa shape index (κ1) is 14.9. The summed E-state index contributed by atoms with van der Waals surface area (Å²) in [6.07, 6.45) is 3.01. The summed E-state index contributed by atoms with van der Waals surface area (Å²) in [5.41, 5.74) is 0.324. The van der Waals surface area contributed by atoms with Crippen LogP contribution in [0.1, 0.15) is 37.8 Å². The fraction of sp³-hybridized carbons (Fsp3) is 0.533. The molecule has 0 bridgehead atoms. The van der Waals surface area contributed by atoms with Crippen molar-refractivity contribution in [2.45, 2.75) is 32.2 Å². The molecule has 1 fully saturated rings. The largest absolute Gasteiger partial charge is 0.348 e. The van der Waals surface area contributed by atoms with Gasteiger partial charge in [0.2, 0.25) is 5.91 Å². The van der Waals surface area contributed by atoms with E-state index in [9.17, 15) is 13.6 Å². The van der Waals surface area contributed by atoms with Crippen LogP contribution in [0.25, 0.3) is 0 Å². The Kier molecular flexibility index (Phi) is 5.06. The van der Waals surface area contributed by atoms with Crippen LogP contribution in [0.2, 0.25) is 0 Å². The molecule has 5 heteroatoms. The Bertz CT molecular complexity index is 475. The molecule has 1 saturated carbocycles. The summed E-state index contributed by atoms with van der Waals surface area (Å²) in [6.45, 7) is 2.94. The van der Waals surface area contributed by atoms with Crippen molar-refractivity contribution in [3.8, 4) is 0 Å². The second-order valence-corrected chi connectivity index (χ2v) is 5.27. The van der Waals surface area contributed by atoms with Gasteiger partial charge in [-0.2, -0.15) is 0 Å². The van der Waals surface area contributed by atoms with Gasteiger partial charge in [-0.3, -0.25) is 4.79 Å². The molecule has 1 aliphatic rings. The summed E-state index contributed by atoms with van der Waals surface area (Å²) in [4.78, 5) is 11.8. The summed E-state index contributed by atoms with van der Waals surface area (Å²) in [5.74, 6) is -0.692. The van der Waals surface area contributed by atoms with Gasteiger partial charge in [0, 0.05) is 11.6 Å². The standard InChI is InChI=1S/C15H20F2N2O/c1-2-14(12-6-5-11(16)7-13(12)17)19-15(20)9-18-8-10-3-4-10/h5-7,10,14,18H,2-4,8-9H2,1H3,(H,19,20). The zero-order chi connectivity index (χ0) is 14.5. The van der Waals surface area contributed by atoms with Crippen LogP contribution in [0.3, 0.4) is 0 Å². The third kappa shape index (κ3) is 4.27. The van der Waals surface area contributed by atoms with Crippen LogP contribution in [-0.2, 0) is 4.79 Å². The summed E-state index contributed by atoms with van der Waals surface area (Å²) in [7, 11) is 0. The predicted octanol–water partition coefficient (Wildman–Crippen LogP) is 2.53. The Labute approximate surface area is 117 Å². The molecule has 1 aliphatic carbocycles. The molecule has 2 N–H and O–H groups in total. The maximum atomic E-state index is 13.7. The van der Waals surface area contributed by atoms with E-state index in [2.05, 4.69) is 10.6 Å². The molecule has 1 aromatic rings. The maximum absolute atomic E-state index is 13.7. The van der Waals surface area contributed by atoms with Crippen molar-refractivity contribution < 1.29 is 13.6 Å². The van der Waals surface area contributed by atoms with E-state index in [0.717, 1.165) is 12.6 Å². The molecular formula is C15H20F2N2O. The molecule has 0 aromatic heterocycles. The average Bonchev–Trinajstić information content (AvgIpc) is 3.21. The summed E-state index contributed by atoms with van der Waals surface area (Å²) in [5, 5.41) is 5.86. The van der Waals surface area contributed by atoms with E-state index in [0.29, 0.717) is 17.9 Å². The molecule has 20 heavy (non-hydrogen) atoms. The minimum Gasteiger partial charge on any atom is -0.348 e. The van der Waals surface area contributed by atoms with Gasteiger partial charge in [0.05, 0.1) is 12.6 Å². The lowest BCUT2D eigenvalue weighted by atomic mass is 10.0. The highest BCUT2D eigenvalue weighted by atomic mass is 19.1. The van der Waals surface area contributed by atoms with Crippen LogP contribution in [0.5, 0.6) is 0 Å². The Hall–Kier alpha value is -1.49. The highest BCUT2D eigenvalue weighted by Crippen LogP contribution is 2.27. The van der Waals surface area contributed by atoms with Gasteiger partial charge in [-0.15, -0.1) is 0 Å². The smallest absolute Gasteiger partial charge is 0.234 e. The first-order valence-corrected chi connectivity index (χ1v) is 7.05. The molecule has 1 atom stereocenters. The van der Waals surface area contributed by atoms with Crippen molar-refractivity contribution in [1.82, 2.24) is 10.6 Å². The summed E-state index contributed by atoms with van der Waals surface area (Å²) in [6, 6.07) is 3.01. The van der Waals surface area contributed by atoms with Crippen molar-refractivity contribution in [2.24, 2.45) is 5.92 Å². The number of nitrogens with one attached hydrogen (secondary N) is 2. The Balaban J connectivity index is 1.88. The molecule has 0 spiro atoms. The van der Waals surface area contributed by atoms with Crippen LogP contribution in [-0.4, -0.2) is 19.0 Å². The van der Waals surface area contributed by atoms with E-state index < -0.39 is 17.7 Å². The number of benzene rings is 1. The monoisotopic (exact) mass is 282 g/mol. The van der Waals surface area contributed by atoms with Crippen molar-refractivity contribution in [3.63, 3.8) is 0 Å².